The number of pyridine rings is 2. The number of halogens is 2. The summed E-state index contributed by atoms with van der Waals surface area (Å²) < 4.78 is 5.87. The lowest BCUT2D eigenvalue weighted by molar-refractivity contribution is 0.166. The molecule has 0 bridgehead atoms. The maximum atomic E-state index is 6.13. The largest absolute Gasteiger partial charge is 0.305 e. The molecule has 1 atom stereocenters. The Balaban J connectivity index is 1.43. The fourth-order valence-electron chi connectivity index (χ4n) is 3.77. The van der Waals surface area contributed by atoms with Crippen LogP contribution in [-0.2, 0) is 19.6 Å². The van der Waals surface area contributed by atoms with Gasteiger partial charge in [-0.25, -0.2) is 9.97 Å². The van der Waals surface area contributed by atoms with Gasteiger partial charge >= 0.3 is 0 Å². The summed E-state index contributed by atoms with van der Waals surface area (Å²) in [4.78, 5) is 11.9. The Morgan fingerprint density at radius 2 is 1.45 bits per heavy atom. The normalized spacial score (nSPS) is 12.9. The molecule has 9 heteroatoms. The lowest BCUT2D eigenvalue weighted by Gasteiger charge is -2.27. The van der Waals surface area contributed by atoms with Crippen molar-refractivity contribution in [3.05, 3.63) is 88.9 Å². The molecule has 0 saturated carbocycles. The van der Waals surface area contributed by atoms with Crippen LogP contribution in [0.25, 0.3) is 11.3 Å². The van der Waals surface area contributed by atoms with E-state index in [1.54, 1.807) is 6.20 Å². The fraction of sp³-hybridized carbons (Fsp3) is 0.227. The molecule has 0 aliphatic rings. The van der Waals surface area contributed by atoms with Crippen molar-refractivity contribution in [3.63, 3.8) is 0 Å². The molecule has 31 heavy (non-hydrogen) atoms. The van der Waals surface area contributed by atoms with Crippen LogP contribution in [0.3, 0.4) is 0 Å². The zero-order valence-electron chi connectivity index (χ0n) is 16.9. The van der Waals surface area contributed by atoms with Crippen LogP contribution in [0.2, 0.25) is 10.0 Å². The molecule has 0 aliphatic heterocycles. The Kier molecular flexibility index (Phi) is 5.40. The first-order valence-electron chi connectivity index (χ1n) is 10.0. The fourth-order valence-corrected chi connectivity index (χ4v) is 4.10. The van der Waals surface area contributed by atoms with Crippen molar-refractivity contribution in [2.24, 2.45) is 0 Å². The van der Waals surface area contributed by atoms with Crippen molar-refractivity contribution in [2.75, 3.05) is 0 Å². The van der Waals surface area contributed by atoms with E-state index in [0.717, 1.165) is 29.2 Å². The highest BCUT2D eigenvalue weighted by Crippen LogP contribution is 2.18. The number of imidazole rings is 2. The van der Waals surface area contributed by atoms with Crippen molar-refractivity contribution >= 4 is 34.5 Å². The van der Waals surface area contributed by atoms with Crippen molar-refractivity contribution in [1.82, 2.24) is 33.4 Å². The minimum atomic E-state index is 0.210. The second-order valence-electron chi connectivity index (χ2n) is 7.67. The Labute approximate surface area is 189 Å². The highest BCUT2D eigenvalue weighted by atomic mass is 35.5. The van der Waals surface area contributed by atoms with E-state index >= 15 is 0 Å². The van der Waals surface area contributed by atoms with Gasteiger partial charge in [0.25, 0.3) is 0 Å². The second kappa shape index (κ2) is 8.34. The third-order valence-corrected chi connectivity index (χ3v) is 5.74. The van der Waals surface area contributed by atoms with Crippen LogP contribution in [0, 0.1) is 0 Å². The summed E-state index contributed by atoms with van der Waals surface area (Å²) in [5, 5.41) is 5.73. The van der Waals surface area contributed by atoms with E-state index in [0.29, 0.717) is 23.1 Å². The summed E-state index contributed by atoms with van der Waals surface area (Å²) >= 11 is 12.3. The SMILES string of the molecule is C[C@@H](Cn1cccn1)N(Cc1cn2cc(Cl)ccc2n1)Cc1cn2cc(Cl)ccc2n1. The predicted molar refractivity (Wildman–Crippen MR) is 121 cm³/mol. The van der Waals surface area contributed by atoms with Crippen molar-refractivity contribution in [3.8, 4) is 0 Å². The molecule has 0 fully saturated rings. The highest BCUT2D eigenvalue weighted by molar-refractivity contribution is 6.30. The van der Waals surface area contributed by atoms with Crippen LogP contribution in [0.15, 0.2) is 67.5 Å². The maximum absolute atomic E-state index is 6.13. The molecule has 5 rings (SSSR count). The topological polar surface area (TPSA) is 55.7 Å². The molecular formula is C22H21Cl2N7. The van der Waals surface area contributed by atoms with Crippen LogP contribution in [0.4, 0.5) is 0 Å². The smallest absolute Gasteiger partial charge is 0.137 e. The highest BCUT2D eigenvalue weighted by Gasteiger charge is 2.19. The van der Waals surface area contributed by atoms with Gasteiger partial charge in [0.05, 0.1) is 28.0 Å². The summed E-state index contributed by atoms with van der Waals surface area (Å²) in [5.74, 6) is 0. The first kappa shape index (κ1) is 20.1. The van der Waals surface area contributed by atoms with E-state index in [1.807, 2.05) is 74.8 Å². The third kappa shape index (κ3) is 4.44. The quantitative estimate of drug-likeness (QED) is 0.362. The number of nitrogens with zero attached hydrogens (tertiary/aromatic N) is 7. The van der Waals surface area contributed by atoms with Crippen LogP contribution in [0.5, 0.6) is 0 Å². The molecule has 0 unspecified atom stereocenters. The van der Waals surface area contributed by atoms with Crippen molar-refractivity contribution in [1.29, 1.82) is 0 Å². The Hall–Kier alpha value is -2.87. The molecule has 0 saturated heterocycles. The van der Waals surface area contributed by atoms with Gasteiger partial charge in [0.15, 0.2) is 0 Å². The van der Waals surface area contributed by atoms with Crippen molar-refractivity contribution < 1.29 is 0 Å². The number of hydrogen-bond acceptors (Lipinski definition) is 4. The molecular weight excluding hydrogens is 433 g/mol. The van der Waals surface area contributed by atoms with Gasteiger partial charge in [0, 0.05) is 56.3 Å². The first-order valence-corrected chi connectivity index (χ1v) is 10.8. The molecule has 7 nitrogen and oxygen atoms in total. The monoisotopic (exact) mass is 453 g/mol. The van der Waals surface area contributed by atoms with E-state index in [4.69, 9.17) is 33.2 Å². The second-order valence-corrected chi connectivity index (χ2v) is 8.55. The number of fused-ring (bicyclic) bond motifs is 2. The van der Waals surface area contributed by atoms with Gasteiger partial charge in [-0.05, 0) is 37.3 Å². The van der Waals surface area contributed by atoms with E-state index < -0.39 is 0 Å². The molecule has 0 aliphatic carbocycles. The lowest BCUT2D eigenvalue weighted by Crippen LogP contribution is -2.35. The molecule has 0 spiro atoms. The van der Waals surface area contributed by atoms with Gasteiger partial charge in [-0.3, -0.25) is 9.58 Å². The molecule has 0 amide bonds. The van der Waals surface area contributed by atoms with Crippen LogP contribution < -0.4 is 0 Å². The zero-order chi connectivity index (χ0) is 21.4. The molecule has 0 N–H and O–H groups in total. The van der Waals surface area contributed by atoms with E-state index in [-0.39, 0.29) is 6.04 Å². The number of rotatable bonds is 7. The molecule has 5 aromatic rings. The minimum Gasteiger partial charge on any atom is -0.305 e. The number of aromatic nitrogens is 6. The summed E-state index contributed by atoms with van der Waals surface area (Å²) in [7, 11) is 0. The van der Waals surface area contributed by atoms with Crippen LogP contribution in [-0.4, -0.2) is 39.5 Å². The summed E-state index contributed by atoms with van der Waals surface area (Å²) in [6, 6.07) is 9.71. The van der Waals surface area contributed by atoms with Crippen molar-refractivity contribution in [2.45, 2.75) is 32.6 Å². The molecule has 5 heterocycles. The van der Waals surface area contributed by atoms with E-state index in [9.17, 15) is 0 Å². The maximum Gasteiger partial charge on any atom is 0.137 e. The van der Waals surface area contributed by atoms with Gasteiger partial charge < -0.3 is 8.80 Å². The van der Waals surface area contributed by atoms with Crippen LogP contribution >= 0.6 is 23.2 Å². The predicted octanol–water partition coefficient (Wildman–Crippen LogP) is 4.58. The summed E-state index contributed by atoms with van der Waals surface area (Å²) in [5.41, 5.74) is 3.70. The van der Waals surface area contributed by atoms with Gasteiger partial charge in [0.2, 0.25) is 0 Å². The Morgan fingerprint density at radius 3 is 1.97 bits per heavy atom. The van der Waals surface area contributed by atoms with Gasteiger partial charge in [-0.15, -0.1) is 0 Å². The first-order chi connectivity index (χ1) is 15.0. The average molecular weight is 454 g/mol. The lowest BCUT2D eigenvalue weighted by atomic mass is 10.2. The van der Waals surface area contributed by atoms with Gasteiger partial charge in [-0.2, -0.15) is 5.10 Å². The Bertz CT molecular complexity index is 1240. The molecule has 0 radical (unpaired) electrons. The third-order valence-electron chi connectivity index (χ3n) is 5.29. The summed E-state index contributed by atoms with van der Waals surface area (Å²) in [6.45, 7) is 4.32. The number of hydrogen-bond donors (Lipinski definition) is 0. The van der Waals surface area contributed by atoms with E-state index in [1.165, 1.54) is 0 Å². The Morgan fingerprint density at radius 1 is 0.871 bits per heavy atom. The van der Waals surface area contributed by atoms with Crippen LogP contribution in [0.1, 0.15) is 18.3 Å². The zero-order valence-corrected chi connectivity index (χ0v) is 18.4. The molecule has 0 aromatic carbocycles. The minimum absolute atomic E-state index is 0.210. The molecule has 5 aromatic heterocycles. The molecule has 158 valence electrons. The average Bonchev–Trinajstić information content (AvgIpc) is 3.46. The van der Waals surface area contributed by atoms with Gasteiger partial charge in [-0.1, -0.05) is 23.2 Å². The van der Waals surface area contributed by atoms with E-state index in [2.05, 4.69) is 16.9 Å². The van der Waals surface area contributed by atoms with Gasteiger partial charge in [0.1, 0.15) is 11.3 Å². The summed E-state index contributed by atoms with van der Waals surface area (Å²) in [6.07, 6.45) is 11.6. The standard InChI is InChI=1S/C22H21Cl2N7/c1-16(9-31-8-2-7-25-31)28(12-19-14-29-10-17(23)3-5-21(29)26-19)13-20-15-30-11-18(24)4-6-22(30)27-20/h2-8,10-11,14-16H,9,12-13H2,1H3/t16-/m0/s1.